The molecule has 0 saturated carbocycles. The number of rotatable bonds is 5. The minimum Gasteiger partial charge on any atom is -0.493 e. The summed E-state index contributed by atoms with van der Waals surface area (Å²) < 4.78 is 10.8. The quantitative estimate of drug-likeness (QED) is 0.810. The minimum atomic E-state index is 0.796. The van der Waals surface area contributed by atoms with E-state index in [1.54, 1.807) is 14.2 Å². The van der Waals surface area contributed by atoms with Gasteiger partial charge in [0.15, 0.2) is 11.5 Å². The molecule has 19 heavy (non-hydrogen) atoms. The number of methoxy groups -OCH3 is 2. The lowest BCUT2D eigenvalue weighted by atomic mass is 10.0. The van der Waals surface area contributed by atoms with Gasteiger partial charge in [-0.3, -0.25) is 0 Å². The zero-order chi connectivity index (χ0) is 13.7. The first kappa shape index (κ1) is 13.5. The molecule has 0 aliphatic carbocycles. The van der Waals surface area contributed by atoms with Crippen LogP contribution in [0.2, 0.25) is 0 Å². The fourth-order valence-electron chi connectivity index (χ4n) is 2.30. The van der Waals surface area contributed by atoms with Crippen LogP contribution < -0.4 is 9.47 Å². The highest BCUT2D eigenvalue weighted by molar-refractivity contribution is 5.46. The molecule has 2 nitrogen and oxygen atoms in total. The first-order valence-electron chi connectivity index (χ1n) is 6.50. The average molecular weight is 256 g/mol. The average Bonchev–Trinajstić information content (AvgIpc) is 2.44. The zero-order valence-corrected chi connectivity index (χ0v) is 11.8. The molecule has 0 N–H and O–H groups in total. The monoisotopic (exact) mass is 256 g/mol. The number of ether oxygens (including phenoxy) is 2. The highest BCUT2D eigenvalue weighted by Gasteiger charge is 2.09. The van der Waals surface area contributed by atoms with Gasteiger partial charge in [0, 0.05) is 0 Å². The second-order valence-corrected chi connectivity index (χ2v) is 4.64. The van der Waals surface area contributed by atoms with Crippen LogP contribution in [-0.2, 0) is 12.8 Å². The van der Waals surface area contributed by atoms with E-state index in [2.05, 4.69) is 37.3 Å². The maximum Gasteiger partial charge on any atom is 0.163 e. The lowest BCUT2D eigenvalue weighted by Gasteiger charge is -2.12. The van der Waals surface area contributed by atoms with Crippen molar-refractivity contribution in [3.63, 3.8) is 0 Å². The van der Waals surface area contributed by atoms with Gasteiger partial charge in [0.2, 0.25) is 0 Å². The summed E-state index contributed by atoms with van der Waals surface area (Å²) in [7, 11) is 3.36. The van der Waals surface area contributed by atoms with Crippen LogP contribution in [0.1, 0.15) is 16.7 Å². The van der Waals surface area contributed by atoms with Crippen LogP contribution in [0, 0.1) is 6.92 Å². The standard InChI is InChI=1S/C17H20O2/c1-13-6-4-7-14(12-13)10-11-15-8-5-9-16(18-2)17(15)19-3/h4-9,12H,10-11H2,1-3H3. The van der Waals surface area contributed by atoms with Gasteiger partial charge in [0.05, 0.1) is 14.2 Å². The van der Waals surface area contributed by atoms with Crippen molar-refractivity contribution in [3.05, 3.63) is 59.2 Å². The summed E-state index contributed by atoms with van der Waals surface area (Å²) in [5, 5.41) is 0. The second kappa shape index (κ2) is 6.28. The van der Waals surface area contributed by atoms with Crippen LogP contribution in [0.3, 0.4) is 0 Å². The van der Waals surface area contributed by atoms with Gasteiger partial charge in [-0.15, -0.1) is 0 Å². The number of aryl methyl sites for hydroxylation is 3. The number of benzene rings is 2. The van der Waals surface area contributed by atoms with Gasteiger partial charge < -0.3 is 9.47 Å². The molecular formula is C17H20O2. The van der Waals surface area contributed by atoms with Gasteiger partial charge in [0.25, 0.3) is 0 Å². The Hall–Kier alpha value is -1.96. The summed E-state index contributed by atoms with van der Waals surface area (Å²) in [6, 6.07) is 14.6. The molecule has 0 aromatic heterocycles. The molecule has 0 bridgehead atoms. The van der Waals surface area contributed by atoms with Crippen molar-refractivity contribution in [2.24, 2.45) is 0 Å². The fourth-order valence-corrected chi connectivity index (χ4v) is 2.30. The van der Waals surface area contributed by atoms with E-state index < -0.39 is 0 Å². The van der Waals surface area contributed by atoms with Crippen molar-refractivity contribution in [1.82, 2.24) is 0 Å². The number of para-hydroxylation sites is 1. The van der Waals surface area contributed by atoms with Gasteiger partial charge in [-0.1, -0.05) is 42.0 Å². The molecule has 0 aliphatic heterocycles. The van der Waals surface area contributed by atoms with Gasteiger partial charge >= 0.3 is 0 Å². The van der Waals surface area contributed by atoms with Crippen LogP contribution in [0.25, 0.3) is 0 Å². The van der Waals surface area contributed by atoms with Gasteiger partial charge in [-0.25, -0.2) is 0 Å². The van der Waals surface area contributed by atoms with E-state index in [1.165, 1.54) is 16.7 Å². The fraction of sp³-hybridized carbons (Fsp3) is 0.294. The molecule has 2 aromatic carbocycles. The van der Waals surface area contributed by atoms with E-state index >= 15 is 0 Å². The van der Waals surface area contributed by atoms with E-state index in [0.717, 1.165) is 24.3 Å². The summed E-state index contributed by atoms with van der Waals surface area (Å²) in [5.41, 5.74) is 3.84. The first-order valence-corrected chi connectivity index (χ1v) is 6.50. The smallest absolute Gasteiger partial charge is 0.163 e. The Bertz CT molecular complexity index is 547. The normalized spacial score (nSPS) is 10.3. The third-order valence-corrected chi connectivity index (χ3v) is 3.25. The lowest BCUT2D eigenvalue weighted by molar-refractivity contribution is 0.351. The third-order valence-electron chi connectivity index (χ3n) is 3.25. The van der Waals surface area contributed by atoms with Gasteiger partial charge in [-0.2, -0.15) is 0 Å². The maximum absolute atomic E-state index is 5.45. The van der Waals surface area contributed by atoms with E-state index in [0.29, 0.717) is 0 Å². The predicted molar refractivity (Wildman–Crippen MR) is 78.1 cm³/mol. The molecule has 0 fully saturated rings. The lowest BCUT2D eigenvalue weighted by Crippen LogP contribution is -1.98. The SMILES string of the molecule is COc1cccc(CCc2cccc(C)c2)c1OC. The Morgan fingerprint density at radius 3 is 2.37 bits per heavy atom. The first-order chi connectivity index (χ1) is 9.24. The summed E-state index contributed by atoms with van der Waals surface area (Å²) in [5.74, 6) is 1.64. The molecule has 0 amide bonds. The molecule has 2 heteroatoms. The summed E-state index contributed by atoms with van der Waals surface area (Å²) in [6.45, 7) is 2.12. The van der Waals surface area contributed by atoms with Crippen LogP contribution in [0.4, 0.5) is 0 Å². The molecule has 0 aliphatic rings. The maximum atomic E-state index is 5.45. The van der Waals surface area contributed by atoms with Crippen LogP contribution in [0.15, 0.2) is 42.5 Å². The van der Waals surface area contributed by atoms with Gasteiger partial charge in [-0.05, 0) is 37.0 Å². The van der Waals surface area contributed by atoms with Crippen molar-refractivity contribution in [2.75, 3.05) is 14.2 Å². The second-order valence-electron chi connectivity index (χ2n) is 4.64. The van der Waals surface area contributed by atoms with Crippen molar-refractivity contribution in [1.29, 1.82) is 0 Å². The Morgan fingerprint density at radius 2 is 1.68 bits per heavy atom. The summed E-state index contributed by atoms with van der Waals surface area (Å²) >= 11 is 0. The van der Waals surface area contributed by atoms with Crippen molar-refractivity contribution < 1.29 is 9.47 Å². The Balaban J connectivity index is 2.15. The predicted octanol–water partition coefficient (Wildman–Crippen LogP) is 3.80. The van der Waals surface area contributed by atoms with E-state index in [9.17, 15) is 0 Å². The highest BCUT2D eigenvalue weighted by atomic mass is 16.5. The van der Waals surface area contributed by atoms with Crippen molar-refractivity contribution in [2.45, 2.75) is 19.8 Å². The molecule has 0 spiro atoms. The topological polar surface area (TPSA) is 18.5 Å². The number of hydrogen-bond donors (Lipinski definition) is 0. The van der Waals surface area contributed by atoms with Gasteiger partial charge in [0.1, 0.15) is 0 Å². The molecule has 2 rings (SSSR count). The molecule has 0 unspecified atom stereocenters. The molecule has 0 saturated heterocycles. The van der Waals surface area contributed by atoms with Crippen LogP contribution >= 0.6 is 0 Å². The molecule has 2 aromatic rings. The van der Waals surface area contributed by atoms with E-state index in [1.807, 2.05) is 12.1 Å². The molecule has 0 atom stereocenters. The third kappa shape index (κ3) is 3.28. The summed E-state index contributed by atoms with van der Waals surface area (Å²) in [4.78, 5) is 0. The Morgan fingerprint density at radius 1 is 0.895 bits per heavy atom. The highest BCUT2D eigenvalue weighted by Crippen LogP contribution is 2.31. The number of hydrogen-bond acceptors (Lipinski definition) is 2. The van der Waals surface area contributed by atoms with Crippen molar-refractivity contribution >= 4 is 0 Å². The molecular weight excluding hydrogens is 236 g/mol. The van der Waals surface area contributed by atoms with E-state index in [4.69, 9.17) is 9.47 Å². The molecule has 0 radical (unpaired) electrons. The molecule has 100 valence electrons. The Labute approximate surface area is 115 Å². The largest absolute Gasteiger partial charge is 0.493 e. The molecule has 0 heterocycles. The Kier molecular flexibility index (Phi) is 4.45. The van der Waals surface area contributed by atoms with E-state index in [-0.39, 0.29) is 0 Å². The minimum absolute atomic E-state index is 0.796. The van der Waals surface area contributed by atoms with Crippen LogP contribution in [0.5, 0.6) is 11.5 Å². The van der Waals surface area contributed by atoms with Crippen LogP contribution in [-0.4, -0.2) is 14.2 Å². The zero-order valence-electron chi connectivity index (χ0n) is 11.8. The summed E-state index contributed by atoms with van der Waals surface area (Å²) in [6.07, 6.45) is 1.95. The van der Waals surface area contributed by atoms with Crippen molar-refractivity contribution in [3.8, 4) is 11.5 Å².